The molecule has 1 saturated heterocycles. The van der Waals surface area contributed by atoms with Crippen LogP contribution < -0.4 is 0 Å². The molecule has 0 spiro atoms. The van der Waals surface area contributed by atoms with Gasteiger partial charge in [0.05, 0.1) is 6.33 Å². The third-order valence-electron chi connectivity index (χ3n) is 5.37. The van der Waals surface area contributed by atoms with Gasteiger partial charge in [-0.05, 0) is 64.3 Å². The molecule has 2 aliphatic rings. The van der Waals surface area contributed by atoms with E-state index < -0.39 is 17.7 Å². The van der Waals surface area contributed by atoms with Crippen LogP contribution in [0.5, 0.6) is 0 Å². The smallest absolute Gasteiger partial charge is 0.411 e. The second-order valence-corrected chi connectivity index (χ2v) is 10.5. The Balaban J connectivity index is 1.49. The second-order valence-electron chi connectivity index (χ2n) is 9.13. The minimum atomic E-state index is -0.687. The molecule has 1 aromatic carbocycles. The van der Waals surface area contributed by atoms with Crippen molar-refractivity contribution < 1.29 is 14.3 Å². The highest BCUT2D eigenvalue weighted by Crippen LogP contribution is 2.36. The minimum absolute atomic E-state index is 0.0234. The normalized spacial score (nSPS) is 20.6. The molecule has 8 nitrogen and oxygen atoms in total. The molecule has 1 aliphatic carbocycles. The monoisotopic (exact) mass is 453 g/mol. The molecule has 4 rings (SSSR count). The summed E-state index contributed by atoms with van der Waals surface area (Å²) in [5.41, 5.74) is 0.348. The number of benzene rings is 1. The summed E-state index contributed by atoms with van der Waals surface area (Å²) in [5.74, 6) is -0.306. The Morgan fingerprint density at radius 1 is 1.25 bits per heavy atom. The quantitative estimate of drug-likeness (QED) is 0.505. The van der Waals surface area contributed by atoms with E-state index in [1.165, 1.54) is 9.80 Å². The van der Waals surface area contributed by atoms with Crippen molar-refractivity contribution in [1.29, 1.82) is 5.26 Å². The molecular weight excluding hydrogens is 426 g/mol. The van der Waals surface area contributed by atoms with Crippen LogP contribution in [0.1, 0.15) is 40.0 Å². The lowest BCUT2D eigenvalue weighted by molar-refractivity contribution is -0.133. The van der Waals surface area contributed by atoms with Crippen molar-refractivity contribution in [2.24, 2.45) is 0 Å². The lowest BCUT2D eigenvalue weighted by atomic mass is 10.2. The zero-order chi connectivity index (χ0) is 22.9. The maximum atomic E-state index is 13.1. The molecule has 1 aromatic heterocycles. The largest absolute Gasteiger partial charge is 0.444 e. The van der Waals surface area contributed by atoms with Crippen LogP contribution in [0.4, 0.5) is 4.79 Å². The van der Waals surface area contributed by atoms with Gasteiger partial charge in [0.15, 0.2) is 6.19 Å². The first-order valence-corrected chi connectivity index (χ1v) is 11.6. The molecule has 0 N–H and O–H groups in total. The Morgan fingerprint density at radius 2 is 1.97 bits per heavy atom. The topological polar surface area (TPSA) is 91.5 Å². The summed E-state index contributed by atoms with van der Waals surface area (Å²) in [6, 6.07) is 7.36. The van der Waals surface area contributed by atoms with Gasteiger partial charge in [-0.15, -0.1) is 11.8 Å². The predicted molar refractivity (Wildman–Crippen MR) is 120 cm³/mol. The molecule has 1 aliphatic heterocycles. The first-order chi connectivity index (χ1) is 15.2. The van der Waals surface area contributed by atoms with Crippen LogP contribution in [0, 0.1) is 11.5 Å². The Bertz CT molecular complexity index is 1010. The molecular formula is C23H27N5O3S. The predicted octanol–water partition coefficient (Wildman–Crippen LogP) is 3.81. The number of amides is 2. The van der Waals surface area contributed by atoms with Gasteiger partial charge in [0, 0.05) is 40.8 Å². The van der Waals surface area contributed by atoms with Crippen molar-refractivity contribution in [2.45, 2.75) is 67.9 Å². The van der Waals surface area contributed by atoms with Gasteiger partial charge < -0.3 is 9.30 Å². The number of likely N-dealkylation sites (tertiary alicyclic amines) is 1. The van der Waals surface area contributed by atoms with Gasteiger partial charge >= 0.3 is 6.09 Å². The number of rotatable bonds is 5. The van der Waals surface area contributed by atoms with Crippen LogP contribution >= 0.6 is 11.8 Å². The zero-order valence-corrected chi connectivity index (χ0v) is 19.3. The summed E-state index contributed by atoms with van der Waals surface area (Å²) in [5, 5.41) is 9.52. The number of hydrogen-bond donors (Lipinski definition) is 0. The van der Waals surface area contributed by atoms with Crippen LogP contribution in [-0.2, 0) is 9.53 Å². The highest BCUT2D eigenvalue weighted by molar-refractivity contribution is 8.00. The Kier molecular flexibility index (Phi) is 6.15. The number of hydrogen-bond acceptors (Lipinski definition) is 6. The summed E-state index contributed by atoms with van der Waals surface area (Å²) in [7, 11) is 0. The molecule has 0 radical (unpaired) electrons. The van der Waals surface area contributed by atoms with Crippen molar-refractivity contribution in [2.75, 3.05) is 6.54 Å². The fourth-order valence-electron chi connectivity index (χ4n) is 3.74. The molecule has 2 atom stereocenters. The number of aromatic nitrogens is 2. The van der Waals surface area contributed by atoms with E-state index in [0.717, 1.165) is 23.4 Å². The van der Waals surface area contributed by atoms with Gasteiger partial charge in [-0.1, -0.05) is 0 Å². The summed E-state index contributed by atoms with van der Waals surface area (Å²) >= 11 is 1.63. The van der Waals surface area contributed by atoms with Crippen LogP contribution in [0.25, 0.3) is 5.69 Å². The molecule has 2 fully saturated rings. The Morgan fingerprint density at radius 3 is 2.53 bits per heavy atom. The lowest BCUT2D eigenvalue weighted by Crippen LogP contribution is -2.48. The second kappa shape index (κ2) is 8.87. The van der Waals surface area contributed by atoms with E-state index >= 15 is 0 Å². The SMILES string of the molecule is CC(C)(C)OC(=O)N1CC(Sc2ccc(-n3ccnc3)cc2)CC1C(=O)N(C#N)C1CC1. The van der Waals surface area contributed by atoms with E-state index in [4.69, 9.17) is 4.74 Å². The maximum absolute atomic E-state index is 13.1. The maximum Gasteiger partial charge on any atom is 0.411 e. The molecule has 32 heavy (non-hydrogen) atoms. The lowest BCUT2D eigenvalue weighted by Gasteiger charge is -2.29. The average Bonchev–Trinajstić information content (AvgIpc) is 3.25. The summed E-state index contributed by atoms with van der Waals surface area (Å²) < 4.78 is 7.49. The van der Waals surface area contributed by atoms with E-state index in [2.05, 4.69) is 4.98 Å². The number of thioether (sulfide) groups is 1. The minimum Gasteiger partial charge on any atom is -0.444 e. The molecule has 0 bridgehead atoms. The van der Waals surface area contributed by atoms with Crippen LogP contribution in [0.3, 0.4) is 0 Å². The van der Waals surface area contributed by atoms with E-state index in [0.29, 0.717) is 13.0 Å². The standard InChI is InChI=1S/C23H27N5O3S/c1-23(2,3)31-22(30)27-13-19(12-20(27)21(29)28(14-24)17-4-5-17)32-18-8-6-16(7-9-18)26-11-10-25-15-26/h6-11,15,17,19-20H,4-5,12-13H2,1-3H3. The molecule has 2 unspecified atom stereocenters. The van der Waals surface area contributed by atoms with Crippen molar-refractivity contribution >= 4 is 23.8 Å². The third-order valence-corrected chi connectivity index (χ3v) is 6.59. The van der Waals surface area contributed by atoms with Crippen LogP contribution in [-0.4, -0.2) is 60.8 Å². The molecule has 168 valence electrons. The molecule has 2 amide bonds. The van der Waals surface area contributed by atoms with E-state index in [1.807, 2.05) is 41.2 Å². The van der Waals surface area contributed by atoms with Gasteiger partial charge in [-0.2, -0.15) is 5.26 Å². The fourth-order valence-corrected chi connectivity index (χ4v) is 4.94. The first-order valence-electron chi connectivity index (χ1n) is 10.7. The highest BCUT2D eigenvalue weighted by Gasteiger charge is 2.46. The van der Waals surface area contributed by atoms with E-state index in [9.17, 15) is 14.9 Å². The molecule has 2 aromatic rings. The third kappa shape index (κ3) is 5.07. The van der Waals surface area contributed by atoms with Crippen LogP contribution in [0.2, 0.25) is 0 Å². The Labute approximate surface area is 192 Å². The first kappa shape index (κ1) is 22.2. The highest BCUT2D eigenvalue weighted by atomic mass is 32.2. The molecule has 1 saturated carbocycles. The Hall–Kier alpha value is -2.99. The summed E-state index contributed by atoms with van der Waals surface area (Å²) in [4.78, 5) is 33.9. The molecule has 2 heterocycles. The van der Waals surface area contributed by atoms with Crippen molar-refractivity contribution in [3.63, 3.8) is 0 Å². The number of carbonyl (C=O) groups excluding carboxylic acids is 2. The van der Waals surface area contributed by atoms with E-state index in [-0.39, 0.29) is 17.2 Å². The summed E-state index contributed by atoms with van der Waals surface area (Å²) in [6.45, 7) is 5.80. The summed E-state index contributed by atoms with van der Waals surface area (Å²) in [6.07, 6.45) is 9.02. The number of nitrogens with zero attached hydrogens (tertiary/aromatic N) is 5. The fraction of sp³-hybridized carbons (Fsp3) is 0.478. The van der Waals surface area contributed by atoms with Crippen molar-refractivity contribution in [3.8, 4) is 11.9 Å². The number of nitriles is 1. The van der Waals surface area contributed by atoms with Gasteiger partial charge in [-0.3, -0.25) is 9.69 Å². The zero-order valence-electron chi connectivity index (χ0n) is 18.5. The van der Waals surface area contributed by atoms with Gasteiger partial charge in [0.1, 0.15) is 11.6 Å². The number of ether oxygens (including phenoxy) is 1. The number of imidazole rings is 1. The number of carbonyl (C=O) groups is 2. The van der Waals surface area contributed by atoms with Crippen molar-refractivity contribution in [3.05, 3.63) is 43.0 Å². The van der Waals surface area contributed by atoms with Crippen LogP contribution in [0.15, 0.2) is 47.9 Å². The van der Waals surface area contributed by atoms with Gasteiger partial charge in [-0.25, -0.2) is 14.7 Å². The van der Waals surface area contributed by atoms with Crippen molar-refractivity contribution in [1.82, 2.24) is 19.4 Å². The molecule has 9 heteroatoms. The average molecular weight is 454 g/mol. The van der Waals surface area contributed by atoms with Gasteiger partial charge in [0.2, 0.25) is 0 Å². The van der Waals surface area contributed by atoms with Gasteiger partial charge in [0.25, 0.3) is 5.91 Å². The van der Waals surface area contributed by atoms with E-state index in [1.54, 1.807) is 45.1 Å².